The summed E-state index contributed by atoms with van der Waals surface area (Å²) in [6.07, 6.45) is -0.654. The van der Waals surface area contributed by atoms with E-state index < -0.39 is 35.2 Å². The van der Waals surface area contributed by atoms with Gasteiger partial charge in [-0.25, -0.2) is 4.79 Å². The zero-order chi connectivity index (χ0) is 28.3. The molecule has 5 rings (SSSR count). The summed E-state index contributed by atoms with van der Waals surface area (Å²) >= 11 is 0. The van der Waals surface area contributed by atoms with Crippen molar-refractivity contribution in [2.45, 2.75) is 30.3 Å². The first-order valence-corrected chi connectivity index (χ1v) is 13.0. The van der Waals surface area contributed by atoms with Crippen molar-refractivity contribution in [3.8, 4) is 11.5 Å². The van der Waals surface area contributed by atoms with Crippen LogP contribution in [0.15, 0.2) is 94.6 Å². The van der Waals surface area contributed by atoms with Crippen molar-refractivity contribution in [2.75, 3.05) is 20.8 Å². The molecule has 1 saturated heterocycles. The zero-order valence-electron chi connectivity index (χ0n) is 22.6. The zero-order valence-corrected chi connectivity index (χ0v) is 22.6. The van der Waals surface area contributed by atoms with Gasteiger partial charge >= 0.3 is 5.69 Å². The van der Waals surface area contributed by atoms with Crippen molar-refractivity contribution in [1.82, 2.24) is 9.55 Å². The van der Waals surface area contributed by atoms with Gasteiger partial charge in [0, 0.05) is 19.7 Å². The molecule has 2 heterocycles. The van der Waals surface area contributed by atoms with Gasteiger partial charge in [0.1, 0.15) is 23.2 Å². The van der Waals surface area contributed by atoms with Crippen LogP contribution in [0.2, 0.25) is 0 Å². The van der Waals surface area contributed by atoms with E-state index in [1.807, 2.05) is 78.9 Å². The lowest BCUT2D eigenvalue weighted by Gasteiger charge is -2.37. The minimum Gasteiger partial charge on any atom is -0.497 e. The van der Waals surface area contributed by atoms with E-state index in [1.54, 1.807) is 21.3 Å². The summed E-state index contributed by atoms with van der Waals surface area (Å²) in [7, 11) is 4.78. The maximum absolute atomic E-state index is 12.5. The molecule has 2 N–H and O–H groups in total. The number of hydrogen-bond donors (Lipinski definition) is 2. The van der Waals surface area contributed by atoms with Gasteiger partial charge in [0.25, 0.3) is 5.56 Å². The second-order valence-electron chi connectivity index (χ2n) is 9.74. The van der Waals surface area contributed by atoms with Gasteiger partial charge in [-0.2, -0.15) is 0 Å². The summed E-state index contributed by atoms with van der Waals surface area (Å²) < 4.78 is 25.1. The molecule has 0 bridgehead atoms. The quantitative estimate of drug-likeness (QED) is 0.311. The highest BCUT2D eigenvalue weighted by molar-refractivity contribution is 5.49. The van der Waals surface area contributed by atoms with E-state index in [2.05, 4.69) is 4.98 Å². The summed E-state index contributed by atoms with van der Waals surface area (Å²) in [6.45, 7) is 0.0221. The third-order valence-corrected chi connectivity index (χ3v) is 7.34. The van der Waals surface area contributed by atoms with Gasteiger partial charge in [-0.1, -0.05) is 54.6 Å². The van der Waals surface area contributed by atoms with Crippen molar-refractivity contribution in [3.63, 3.8) is 0 Å². The SMILES string of the molecule is COc1ccc(C(OC[C@H]2O[C@@H](c3cn(C)c(=O)[nH]c3=O)C[C@@H]2O)(c2ccccc2)c2ccc(OC)cc2)cc1. The van der Waals surface area contributed by atoms with Gasteiger partial charge in [0.05, 0.1) is 38.6 Å². The lowest BCUT2D eigenvalue weighted by atomic mass is 9.80. The predicted octanol–water partition coefficient (Wildman–Crippen LogP) is 3.29. The summed E-state index contributed by atoms with van der Waals surface area (Å²) in [5, 5.41) is 11.0. The van der Waals surface area contributed by atoms with Crippen molar-refractivity contribution >= 4 is 0 Å². The van der Waals surface area contributed by atoms with Crippen LogP contribution >= 0.6 is 0 Å². The Labute approximate surface area is 231 Å². The first-order chi connectivity index (χ1) is 19.3. The minimum atomic E-state index is -1.07. The molecule has 3 aromatic carbocycles. The third kappa shape index (κ3) is 5.19. The number of aliphatic hydroxyl groups is 1. The maximum atomic E-state index is 12.5. The summed E-state index contributed by atoms with van der Waals surface area (Å²) in [4.78, 5) is 26.6. The second kappa shape index (κ2) is 11.5. The molecule has 0 unspecified atom stereocenters. The van der Waals surface area contributed by atoms with E-state index >= 15 is 0 Å². The van der Waals surface area contributed by atoms with Crippen LogP contribution in [0.1, 0.15) is 34.8 Å². The maximum Gasteiger partial charge on any atom is 0.328 e. The molecule has 1 aromatic heterocycles. The number of aryl methyl sites for hydroxylation is 1. The standard InChI is InChI=1S/C31H32N2O7/c1-33-18-25(29(35)32-30(33)36)27-17-26(34)28(40-27)19-39-31(20-7-5-4-6-8-20,21-9-13-23(37-2)14-10-21)22-11-15-24(38-3)16-12-22/h4-16,18,26-28,34H,17,19H2,1-3H3,(H,32,35,36)/t26-,27+,28+/m0/s1. The Hall–Kier alpha value is -4.18. The van der Waals surface area contributed by atoms with E-state index in [0.29, 0.717) is 11.5 Å². The Morgan fingerprint density at radius 2 is 1.45 bits per heavy atom. The number of aromatic amines is 1. The molecule has 0 radical (unpaired) electrons. The Kier molecular flexibility index (Phi) is 7.88. The van der Waals surface area contributed by atoms with Crippen molar-refractivity contribution < 1.29 is 24.1 Å². The number of nitrogens with one attached hydrogen (secondary N) is 1. The summed E-state index contributed by atoms with van der Waals surface area (Å²) in [6, 6.07) is 25.1. The molecule has 0 aliphatic carbocycles. The molecule has 9 heteroatoms. The van der Waals surface area contributed by atoms with Crippen LogP contribution < -0.4 is 20.7 Å². The van der Waals surface area contributed by atoms with Crippen LogP contribution in [-0.4, -0.2) is 47.7 Å². The van der Waals surface area contributed by atoms with Crippen LogP contribution in [0.4, 0.5) is 0 Å². The van der Waals surface area contributed by atoms with Crippen LogP contribution in [0.25, 0.3) is 0 Å². The molecule has 0 amide bonds. The van der Waals surface area contributed by atoms with Gasteiger partial charge in [0.2, 0.25) is 0 Å². The number of methoxy groups -OCH3 is 2. The first kappa shape index (κ1) is 27.4. The molecule has 1 aliphatic heterocycles. The monoisotopic (exact) mass is 544 g/mol. The molecule has 3 atom stereocenters. The fraction of sp³-hybridized carbons (Fsp3) is 0.290. The number of aromatic nitrogens is 2. The molecular formula is C31H32N2O7. The van der Waals surface area contributed by atoms with E-state index in [4.69, 9.17) is 18.9 Å². The molecule has 1 aliphatic rings. The average molecular weight is 545 g/mol. The highest BCUT2D eigenvalue weighted by Crippen LogP contribution is 2.43. The molecule has 1 fully saturated rings. The van der Waals surface area contributed by atoms with Gasteiger partial charge in [-0.15, -0.1) is 0 Å². The average Bonchev–Trinajstić information content (AvgIpc) is 3.36. The Bertz CT molecular complexity index is 1500. The number of H-pyrrole nitrogens is 1. The topological polar surface area (TPSA) is 112 Å². The van der Waals surface area contributed by atoms with E-state index in [-0.39, 0.29) is 18.6 Å². The lowest BCUT2D eigenvalue weighted by molar-refractivity contribution is -0.0830. The van der Waals surface area contributed by atoms with Crippen molar-refractivity contribution in [1.29, 1.82) is 0 Å². The Morgan fingerprint density at radius 3 is 2.00 bits per heavy atom. The van der Waals surface area contributed by atoms with E-state index in [9.17, 15) is 14.7 Å². The van der Waals surface area contributed by atoms with Gasteiger partial charge in [-0.05, 0) is 41.0 Å². The van der Waals surface area contributed by atoms with Crippen LogP contribution in [-0.2, 0) is 22.1 Å². The molecule has 0 saturated carbocycles. The van der Waals surface area contributed by atoms with Crippen LogP contribution in [0.3, 0.4) is 0 Å². The largest absolute Gasteiger partial charge is 0.497 e. The normalized spacial score (nSPS) is 18.9. The second-order valence-corrected chi connectivity index (χ2v) is 9.74. The molecule has 4 aromatic rings. The lowest BCUT2D eigenvalue weighted by Crippen LogP contribution is -2.38. The van der Waals surface area contributed by atoms with E-state index in [0.717, 1.165) is 16.7 Å². The summed E-state index contributed by atoms with van der Waals surface area (Å²) in [5.74, 6) is 1.42. The Balaban J connectivity index is 1.54. The fourth-order valence-corrected chi connectivity index (χ4v) is 5.17. The van der Waals surface area contributed by atoms with Crippen molar-refractivity contribution in [3.05, 3.63) is 128 Å². The Morgan fingerprint density at radius 1 is 0.900 bits per heavy atom. The predicted molar refractivity (Wildman–Crippen MR) is 149 cm³/mol. The first-order valence-electron chi connectivity index (χ1n) is 13.0. The van der Waals surface area contributed by atoms with Crippen molar-refractivity contribution in [2.24, 2.45) is 7.05 Å². The molecular weight excluding hydrogens is 512 g/mol. The number of benzene rings is 3. The van der Waals surface area contributed by atoms with Gasteiger partial charge in [0.15, 0.2) is 0 Å². The molecule has 0 spiro atoms. The number of rotatable bonds is 9. The summed E-state index contributed by atoms with van der Waals surface area (Å²) in [5.41, 5.74) is 0.740. The number of nitrogens with zero attached hydrogens (tertiary/aromatic N) is 1. The molecule has 208 valence electrons. The number of ether oxygens (including phenoxy) is 4. The number of aliphatic hydroxyl groups excluding tert-OH is 1. The minimum absolute atomic E-state index is 0.0221. The highest BCUT2D eigenvalue weighted by atomic mass is 16.6. The third-order valence-electron chi connectivity index (χ3n) is 7.34. The van der Waals surface area contributed by atoms with Gasteiger partial charge < -0.3 is 28.6 Å². The fourth-order valence-electron chi connectivity index (χ4n) is 5.17. The van der Waals surface area contributed by atoms with Crippen LogP contribution in [0.5, 0.6) is 11.5 Å². The molecule has 9 nitrogen and oxygen atoms in total. The number of hydrogen-bond acceptors (Lipinski definition) is 7. The smallest absolute Gasteiger partial charge is 0.328 e. The molecule has 40 heavy (non-hydrogen) atoms. The highest BCUT2D eigenvalue weighted by Gasteiger charge is 2.42. The van der Waals surface area contributed by atoms with Crippen LogP contribution in [0, 0.1) is 0 Å². The van der Waals surface area contributed by atoms with Gasteiger partial charge in [-0.3, -0.25) is 9.78 Å². The van der Waals surface area contributed by atoms with E-state index in [1.165, 1.54) is 10.8 Å².